The van der Waals surface area contributed by atoms with Crippen LogP contribution in [-0.4, -0.2) is 11.3 Å². The zero-order valence-corrected chi connectivity index (χ0v) is 4.76. The minimum Gasteiger partial charge on any atom is -0.322 e. The minimum absolute atomic E-state index is 0.646. The molecule has 0 fully saturated rings. The summed E-state index contributed by atoms with van der Waals surface area (Å²) < 4.78 is 0. The third-order valence-electron chi connectivity index (χ3n) is 0.855. The van der Waals surface area contributed by atoms with Gasteiger partial charge in [0.1, 0.15) is 5.82 Å². The molecule has 1 heterocycles. The van der Waals surface area contributed by atoms with E-state index < -0.39 is 0 Å². The van der Waals surface area contributed by atoms with Crippen LogP contribution in [0.1, 0.15) is 0 Å². The Morgan fingerprint density at radius 1 is 1.56 bits per heavy atom. The second-order valence-electron chi connectivity index (χ2n) is 1.46. The Labute approximate surface area is 53.3 Å². The number of rotatable bonds is 2. The van der Waals surface area contributed by atoms with Crippen LogP contribution >= 0.6 is 0 Å². The van der Waals surface area contributed by atoms with Crippen molar-refractivity contribution in [3.8, 4) is 0 Å². The highest BCUT2D eigenvalue weighted by Crippen LogP contribution is 1.95. The van der Waals surface area contributed by atoms with E-state index in [0.717, 1.165) is 0 Å². The minimum atomic E-state index is 0.646. The summed E-state index contributed by atoms with van der Waals surface area (Å²) in [7, 11) is 0. The summed E-state index contributed by atoms with van der Waals surface area (Å²) in [5, 5.41) is 9.05. The van der Waals surface area contributed by atoms with Crippen molar-refractivity contribution < 1.29 is 0 Å². The molecule has 0 aliphatic heterocycles. The van der Waals surface area contributed by atoms with Crippen LogP contribution in [0.4, 0.5) is 5.82 Å². The summed E-state index contributed by atoms with van der Waals surface area (Å²) >= 11 is 0. The first-order valence-corrected chi connectivity index (χ1v) is 2.52. The molecule has 0 spiro atoms. The fraction of sp³-hybridized carbons (Fsp3) is 0. The first kappa shape index (κ1) is 5.75. The van der Waals surface area contributed by atoms with E-state index in [4.69, 9.17) is 5.41 Å². The number of aromatic nitrogens is 1. The molecule has 0 amide bonds. The molecule has 1 aromatic rings. The maximum atomic E-state index is 6.54. The second-order valence-corrected chi connectivity index (χ2v) is 1.46. The van der Waals surface area contributed by atoms with Gasteiger partial charge in [0.05, 0.1) is 0 Å². The fourth-order valence-corrected chi connectivity index (χ4v) is 0.501. The van der Waals surface area contributed by atoms with E-state index in [1.807, 2.05) is 18.5 Å². The van der Waals surface area contributed by atoms with Crippen LogP contribution in [0, 0.1) is 5.41 Å². The molecular weight excluding hydrogens is 114 g/mol. The van der Waals surface area contributed by atoms with E-state index in [9.17, 15) is 0 Å². The Bertz CT molecular complexity index is 183. The molecule has 1 aromatic heterocycles. The molecular formula is C6H6N3. The van der Waals surface area contributed by atoms with Crippen molar-refractivity contribution in [1.82, 2.24) is 4.98 Å². The van der Waals surface area contributed by atoms with Crippen LogP contribution in [0.15, 0.2) is 24.4 Å². The molecule has 3 nitrogen and oxygen atoms in total. The Morgan fingerprint density at radius 3 is 3.00 bits per heavy atom. The van der Waals surface area contributed by atoms with Crippen LogP contribution in [0.3, 0.4) is 0 Å². The van der Waals surface area contributed by atoms with Crippen molar-refractivity contribution in [2.45, 2.75) is 0 Å². The molecule has 1 rings (SSSR count). The second kappa shape index (κ2) is 2.81. The van der Waals surface area contributed by atoms with Gasteiger partial charge < -0.3 is 5.32 Å². The molecule has 0 aliphatic carbocycles. The molecule has 0 atom stereocenters. The first-order chi connectivity index (χ1) is 4.43. The van der Waals surface area contributed by atoms with Crippen molar-refractivity contribution >= 4 is 12.2 Å². The van der Waals surface area contributed by atoms with Crippen molar-refractivity contribution in [2.75, 3.05) is 5.32 Å². The predicted octanol–water partition coefficient (Wildman–Crippen LogP) is 0.978. The molecule has 9 heavy (non-hydrogen) atoms. The van der Waals surface area contributed by atoms with Crippen LogP contribution in [-0.2, 0) is 0 Å². The molecule has 2 N–H and O–H groups in total. The zero-order chi connectivity index (χ0) is 6.53. The van der Waals surface area contributed by atoms with Gasteiger partial charge in [-0.2, -0.15) is 0 Å². The molecule has 0 unspecified atom stereocenters. The summed E-state index contributed by atoms with van der Waals surface area (Å²) in [6.45, 7) is 0. The summed E-state index contributed by atoms with van der Waals surface area (Å²) in [5.41, 5.74) is 0. The van der Waals surface area contributed by atoms with E-state index in [0.29, 0.717) is 5.82 Å². The van der Waals surface area contributed by atoms with E-state index in [2.05, 4.69) is 10.3 Å². The van der Waals surface area contributed by atoms with E-state index in [-0.39, 0.29) is 0 Å². The van der Waals surface area contributed by atoms with Crippen LogP contribution in [0.25, 0.3) is 0 Å². The monoisotopic (exact) mass is 120 g/mol. The Morgan fingerprint density at radius 2 is 2.44 bits per heavy atom. The first-order valence-electron chi connectivity index (χ1n) is 2.52. The number of pyridine rings is 1. The normalized spacial score (nSPS) is 8.44. The highest BCUT2D eigenvalue weighted by atomic mass is 15.0. The lowest BCUT2D eigenvalue weighted by atomic mass is 10.5. The van der Waals surface area contributed by atoms with Crippen molar-refractivity contribution in [2.24, 2.45) is 0 Å². The van der Waals surface area contributed by atoms with Gasteiger partial charge in [0.15, 0.2) is 6.34 Å². The maximum absolute atomic E-state index is 6.54. The Hall–Kier alpha value is -1.38. The van der Waals surface area contributed by atoms with Gasteiger partial charge in [0.25, 0.3) is 0 Å². The number of anilines is 1. The summed E-state index contributed by atoms with van der Waals surface area (Å²) in [4.78, 5) is 3.87. The average molecular weight is 120 g/mol. The lowest BCUT2D eigenvalue weighted by Crippen LogP contribution is -1.93. The summed E-state index contributed by atoms with van der Waals surface area (Å²) in [6, 6.07) is 5.42. The third kappa shape index (κ3) is 1.53. The van der Waals surface area contributed by atoms with E-state index >= 15 is 0 Å². The largest absolute Gasteiger partial charge is 0.322 e. The molecule has 0 saturated carbocycles. The van der Waals surface area contributed by atoms with Gasteiger partial charge in [-0.3, -0.25) is 5.41 Å². The van der Waals surface area contributed by atoms with Gasteiger partial charge in [0, 0.05) is 6.20 Å². The molecule has 3 heteroatoms. The lowest BCUT2D eigenvalue weighted by Gasteiger charge is -1.92. The molecule has 0 saturated heterocycles. The number of hydrogen-bond acceptors (Lipinski definition) is 2. The third-order valence-corrected chi connectivity index (χ3v) is 0.855. The summed E-state index contributed by atoms with van der Waals surface area (Å²) in [6.07, 6.45) is 3.67. The topological polar surface area (TPSA) is 48.8 Å². The number of hydrogen-bond donors (Lipinski definition) is 2. The molecule has 0 aromatic carbocycles. The lowest BCUT2D eigenvalue weighted by molar-refractivity contribution is 1.32. The zero-order valence-electron chi connectivity index (χ0n) is 4.76. The Balaban J connectivity index is 2.72. The van der Waals surface area contributed by atoms with Crippen LogP contribution in [0.2, 0.25) is 0 Å². The van der Waals surface area contributed by atoms with Gasteiger partial charge in [-0.25, -0.2) is 4.98 Å². The standard InChI is InChI=1S/C6H6N3/c7-5-9-6-3-1-2-4-8-6/h1-4H,(H2,7,8,9). The van der Waals surface area contributed by atoms with Crippen molar-refractivity contribution in [3.63, 3.8) is 0 Å². The van der Waals surface area contributed by atoms with E-state index in [1.165, 1.54) is 0 Å². The van der Waals surface area contributed by atoms with Gasteiger partial charge in [-0.05, 0) is 12.1 Å². The van der Waals surface area contributed by atoms with Crippen molar-refractivity contribution in [3.05, 3.63) is 24.4 Å². The highest BCUT2D eigenvalue weighted by molar-refractivity contribution is 5.70. The highest BCUT2D eigenvalue weighted by Gasteiger charge is 1.82. The van der Waals surface area contributed by atoms with E-state index in [1.54, 1.807) is 12.3 Å². The molecule has 0 bridgehead atoms. The van der Waals surface area contributed by atoms with Gasteiger partial charge in [-0.1, -0.05) is 6.07 Å². The van der Waals surface area contributed by atoms with Gasteiger partial charge in [-0.15, -0.1) is 0 Å². The predicted molar refractivity (Wildman–Crippen MR) is 35.6 cm³/mol. The Kier molecular flexibility index (Phi) is 1.80. The molecule has 45 valence electrons. The smallest absolute Gasteiger partial charge is 0.167 e. The SMILES string of the molecule is N=[C]Nc1ccccn1. The molecule has 1 radical (unpaired) electrons. The maximum Gasteiger partial charge on any atom is 0.167 e. The van der Waals surface area contributed by atoms with Crippen LogP contribution < -0.4 is 5.32 Å². The van der Waals surface area contributed by atoms with Crippen molar-refractivity contribution in [1.29, 1.82) is 5.41 Å². The average Bonchev–Trinajstić information content (AvgIpc) is 1.91. The number of nitrogens with zero attached hydrogens (tertiary/aromatic N) is 1. The van der Waals surface area contributed by atoms with Crippen LogP contribution in [0.5, 0.6) is 0 Å². The van der Waals surface area contributed by atoms with Gasteiger partial charge in [0.2, 0.25) is 0 Å². The number of nitrogens with one attached hydrogen (secondary N) is 2. The fourth-order valence-electron chi connectivity index (χ4n) is 0.501. The quantitative estimate of drug-likeness (QED) is 0.347. The summed E-state index contributed by atoms with van der Waals surface area (Å²) in [5.74, 6) is 0.646. The molecule has 0 aliphatic rings. The van der Waals surface area contributed by atoms with Gasteiger partial charge >= 0.3 is 0 Å².